The van der Waals surface area contributed by atoms with Gasteiger partial charge in [0.25, 0.3) is 0 Å². The fourth-order valence-corrected chi connectivity index (χ4v) is 0.666. The molecule has 8 heteroatoms. The standard InChI is InChI=1S/C4H9N5O3/c5-1-2(10)4(7)9(12)8(11)3(1)6/h10-12H,5-7H2. The largest absolute Gasteiger partial charge is 0.503 e. The molecule has 0 amide bonds. The second-order valence-electron chi connectivity index (χ2n) is 2.11. The summed E-state index contributed by atoms with van der Waals surface area (Å²) < 4.78 is 0. The first-order valence-electron chi connectivity index (χ1n) is 2.89. The molecule has 0 bridgehead atoms. The Morgan fingerprint density at radius 2 is 1.33 bits per heavy atom. The Labute approximate surface area is 67.2 Å². The molecule has 1 heterocycles. The van der Waals surface area contributed by atoms with Gasteiger partial charge in [-0.2, -0.15) is 0 Å². The van der Waals surface area contributed by atoms with Crippen molar-refractivity contribution in [3.8, 4) is 0 Å². The second kappa shape index (κ2) is 2.36. The van der Waals surface area contributed by atoms with Gasteiger partial charge in [-0.25, -0.2) is 0 Å². The smallest absolute Gasteiger partial charge is 0.195 e. The lowest BCUT2D eigenvalue weighted by Gasteiger charge is -2.30. The fraction of sp³-hybridized carbons (Fsp3) is 0. The lowest BCUT2D eigenvalue weighted by molar-refractivity contribution is -0.333. The number of nitrogens with zero attached hydrogens (tertiary/aromatic N) is 2. The Hall–Kier alpha value is -1.80. The third kappa shape index (κ3) is 0.863. The van der Waals surface area contributed by atoms with Crippen molar-refractivity contribution in [1.29, 1.82) is 0 Å². The molecule has 0 radical (unpaired) electrons. The molecular weight excluding hydrogens is 166 g/mol. The van der Waals surface area contributed by atoms with Crippen molar-refractivity contribution in [2.75, 3.05) is 0 Å². The summed E-state index contributed by atoms with van der Waals surface area (Å²) in [5, 5.41) is 27.0. The lowest BCUT2D eigenvalue weighted by Crippen LogP contribution is -2.47. The lowest BCUT2D eigenvalue weighted by atomic mass is 10.3. The van der Waals surface area contributed by atoms with Crippen LogP contribution in [0.4, 0.5) is 0 Å². The first-order chi connectivity index (χ1) is 5.46. The molecule has 9 N–H and O–H groups in total. The predicted molar refractivity (Wildman–Crippen MR) is 36.5 cm³/mol. The van der Waals surface area contributed by atoms with Crippen LogP contribution in [0.1, 0.15) is 0 Å². The van der Waals surface area contributed by atoms with E-state index in [0.717, 1.165) is 0 Å². The predicted octanol–water partition coefficient (Wildman–Crippen LogP) is -1.93. The maximum atomic E-state index is 9.06. The van der Waals surface area contributed by atoms with Crippen molar-refractivity contribution in [3.63, 3.8) is 0 Å². The van der Waals surface area contributed by atoms with Crippen LogP contribution in [0.5, 0.6) is 0 Å². The maximum absolute atomic E-state index is 9.06. The van der Waals surface area contributed by atoms with Gasteiger partial charge in [0.15, 0.2) is 17.4 Å². The van der Waals surface area contributed by atoms with Gasteiger partial charge >= 0.3 is 0 Å². The average Bonchev–Trinajstić information content (AvgIpc) is 2.08. The van der Waals surface area contributed by atoms with E-state index in [2.05, 4.69) is 0 Å². The number of nitrogens with two attached hydrogens (primary N) is 3. The molecule has 8 nitrogen and oxygen atoms in total. The molecule has 0 aromatic carbocycles. The van der Waals surface area contributed by atoms with E-state index in [-0.39, 0.29) is 16.0 Å². The first-order valence-corrected chi connectivity index (χ1v) is 2.89. The second-order valence-corrected chi connectivity index (χ2v) is 2.11. The highest BCUT2D eigenvalue weighted by atomic mass is 16.7. The number of hydrogen-bond donors (Lipinski definition) is 6. The normalized spacial score (nSPS) is 19.2. The highest BCUT2D eigenvalue weighted by molar-refractivity contribution is 5.30. The van der Waals surface area contributed by atoms with Crippen LogP contribution in [-0.4, -0.2) is 25.9 Å². The van der Waals surface area contributed by atoms with Crippen molar-refractivity contribution in [3.05, 3.63) is 23.1 Å². The maximum Gasteiger partial charge on any atom is 0.195 e. The van der Waals surface area contributed by atoms with Gasteiger partial charge in [-0.1, -0.05) is 0 Å². The molecule has 0 saturated carbocycles. The summed E-state index contributed by atoms with van der Waals surface area (Å²) in [6, 6.07) is 0. The SMILES string of the molecule is NC1=C(N)N(O)N(O)C(N)=C1O. The summed E-state index contributed by atoms with van der Waals surface area (Å²) in [7, 11) is 0. The minimum Gasteiger partial charge on any atom is -0.503 e. The molecule has 1 aliphatic rings. The molecule has 0 aliphatic carbocycles. The third-order valence-corrected chi connectivity index (χ3v) is 1.38. The molecule has 1 rings (SSSR count). The molecule has 0 aromatic heterocycles. The van der Waals surface area contributed by atoms with Gasteiger partial charge < -0.3 is 22.3 Å². The molecular formula is C4H9N5O3. The molecule has 0 spiro atoms. The van der Waals surface area contributed by atoms with Crippen LogP contribution in [0.25, 0.3) is 0 Å². The van der Waals surface area contributed by atoms with Gasteiger partial charge in [0.05, 0.1) is 0 Å². The van der Waals surface area contributed by atoms with E-state index in [1.165, 1.54) is 0 Å². The average molecular weight is 175 g/mol. The highest BCUT2D eigenvalue weighted by Gasteiger charge is 2.27. The molecule has 0 atom stereocenters. The summed E-state index contributed by atoms with van der Waals surface area (Å²) in [6.45, 7) is 0. The Morgan fingerprint density at radius 1 is 0.917 bits per heavy atom. The summed E-state index contributed by atoms with van der Waals surface area (Å²) in [6.07, 6.45) is 0. The van der Waals surface area contributed by atoms with E-state index in [1.54, 1.807) is 0 Å². The molecule has 12 heavy (non-hydrogen) atoms. The molecule has 1 aliphatic heterocycles. The number of aliphatic hydroxyl groups excluding tert-OH is 1. The minimum absolute atomic E-state index is 0.0566. The Balaban J connectivity index is 3.18. The zero-order valence-corrected chi connectivity index (χ0v) is 5.97. The molecule has 68 valence electrons. The zero-order valence-electron chi connectivity index (χ0n) is 5.97. The summed E-state index contributed by atoms with van der Waals surface area (Å²) in [4.78, 5) is 0. The van der Waals surface area contributed by atoms with Gasteiger partial charge in [-0.3, -0.25) is 10.4 Å². The summed E-state index contributed by atoms with van der Waals surface area (Å²) >= 11 is 0. The van der Waals surface area contributed by atoms with Crippen molar-refractivity contribution in [2.24, 2.45) is 17.2 Å². The van der Waals surface area contributed by atoms with Gasteiger partial charge in [0.1, 0.15) is 5.70 Å². The van der Waals surface area contributed by atoms with E-state index in [1.807, 2.05) is 0 Å². The number of hydrogen-bond acceptors (Lipinski definition) is 8. The molecule has 0 unspecified atom stereocenters. The zero-order chi connectivity index (χ0) is 9.46. The third-order valence-electron chi connectivity index (χ3n) is 1.38. The van der Waals surface area contributed by atoms with Crippen molar-refractivity contribution in [2.45, 2.75) is 0 Å². The number of aliphatic hydroxyl groups is 1. The summed E-state index contributed by atoms with van der Waals surface area (Å²) in [5.74, 6) is -1.51. The first kappa shape index (κ1) is 8.30. The topological polar surface area (TPSA) is 145 Å². The van der Waals surface area contributed by atoms with E-state index in [4.69, 9.17) is 32.7 Å². The Morgan fingerprint density at radius 3 is 1.83 bits per heavy atom. The number of rotatable bonds is 0. The van der Waals surface area contributed by atoms with Crippen molar-refractivity contribution < 1.29 is 15.5 Å². The van der Waals surface area contributed by atoms with Crippen LogP contribution in [0.2, 0.25) is 0 Å². The van der Waals surface area contributed by atoms with Gasteiger partial charge in [0.2, 0.25) is 0 Å². The van der Waals surface area contributed by atoms with Crippen LogP contribution >= 0.6 is 0 Å². The van der Waals surface area contributed by atoms with Gasteiger partial charge in [-0.15, -0.1) is 10.3 Å². The van der Waals surface area contributed by atoms with Gasteiger partial charge in [0, 0.05) is 0 Å². The van der Waals surface area contributed by atoms with Crippen LogP contribution in [-0.2, 0) is 0 Å². The van der Waals surface area contributed by atoms with Crippen molar-refractivity contribution in [1.82, 2.24) is 10.3 Å². The fourth-order valence-electron chi connectivity index (χ4n) is 0.666. The molecule has 0 aromatic rings. The Kier molecular flexibility index (Phi) is 1.63. The quantitative estimate of drug-likeness (QED) is 0.249. The van der Waals surface area contributed by atoms with Crippen LogP contribution in [0, 0.1) is 0 Å². The molecule has 0 saturated heterocycles. The highest BCUT2D eigenvalue weighted by Crippen LogP contribution is 2.17. The van der Waals surface area contributed by atoms with Crippen LogP contribution < -0.4 is 17.2 Å². The van der Waals surface area contributed by atoms with Crippen LogP contribution in [0.15, 0.2) is 23.1 Å². The summed E-state index contributed by atoms with van der Waals surface area (Å²) in [5.41, 5.74) is 15.1. The number of hydroxylamine groups is 2. The Bertz CT molecular complexity index is 244. The van der Waals surface area contributed by atoms with Gasteiger partial charge in [-0.05, 0) is 0 Å². The monoisotopic (exact) mass is 175 g/mol. The minimum atomic E-state index is -0.583. The van der Waals surface area contributed by atoms with E-state index < -0.39 is 17.4 Å². The molecule has 0 fully saturated rings. The number of hydrazine groups is 1. The van der Waals surface area contributed by atoms with Crippen LogP contribution in [0.3, 0.4) is 0 Å². The van der Waals surface area contributed by atoms with E-state index in [0.29, 0.717) is 0 Å². The van der Waals surface area contributed by atoms with E-state index >= 15 is 0 Å². The van der Waals surface area contributed by atoms with E-state index in [9.17, 15) is 0 Å². The van der Waals surface area contributed by atoms with Crippen molar-refractivity contribution >= 4 is 0 Å².